The normalized spacial score (nSPS) is 28.4. The van der Waals surface area contributed by atoms with Gasteiger partial charge in [0.15, 0.2) is 0 Å². The molecule has 138 valence electrons. The van der Waals surface area contributed by atoms with Crippen molar-refractivity contribution in [3.05, 3.63) is 11.9 Å². The van der Waals surface area contributed by atoms with E-state index in [1.807, 2.05) is 34.6 Å². The maximum atomic E-state index is 14.6. The Labute approximate surface area is 148 Å². The average Bonchev–Trinajstić information content (AvgIpc) is 2.96. The third kappa shape index (κ3) is 3.10. The number of rotatable bonds is 2. The molecule has 0 saturated carbocycles. The van der Waals surface area contributed by atoms with Crippen LogP contribution in [0.4, 0.5) is 4.39 Å². The van der Waals surface area contributed by atoms with Crippen LogP contribution in [0.5, 0.6) is 0 Å². The molecular weight excluding hydrogens is 324 g/mol. The summed E-state index contributed by atoms with van der Waals surface area (Å²) in [7, 11) is -0.505. The molecule has 1 amide bonds. The van der Waals surface area contributed by atoms with E-state index >= 15 is 0 Å². The van der Waals surface area contributed by atoms with Gasteiger partial charge in [0.1, 0.15) is 6.17 Å². The molecule has 0 spiro atoms. The third-order valence-corrected chi connectivity index (χ3v) is 5.86. The van der Waals surface area contributed by atoms with Gasteiger partial charge in [-0.25, -0.2) is 4.39 Å². The Morgan fingerprint density at radius 3 is 2.44 bits per heavy atom. The minimum absolute atomic E-state index is 0.0869. The summed E-state index contributed by atoms with van der Waals surface area (Å²) in [5, 5.41) is 4.41. The molecule has 2 aliphatic rings. The number of carbonyl (C=O) groups excluding carboxylic acids is 1. The maximum Gasteiger partial charge on any atom is 0.498 e. The molecular formula is C17H27BFN3O3. The zero-order valence-corrected chi connectivity index (χ0v) is 15.9. The van der Waals surface area contributed by atoms with Crippen LogP contribution in [0.2, 0.25) is 0 Å². The predicted octanol–water partition coefficient (Wildman–Crippen LogP) is 1.62. The Hall–Kier alpha value is -1.41. The molecule has 25 heavy (non-hydrogen) atoms. The molecule has 2 atom stereocenters. The first-order valence-corrected chi connectivity index (χ1v) is 8.83. The monoisotopic (exact) mass is 351 g/mol. The van der Waals surface area contributed by atoms with Gasteiger partial charge >= 0.3 is 7.12 Å². The fourth-order valence-corrected chi connectivity index (χ4v) is 3.43. The number of aromatic nitrogens is 2. The number of hydrogen-bond acceptors (Lipinski definition) is 4. The van der Waals surface area contributed by atoms with Crippen LogP contribution >= 0.6 is 0 Å². The summed E-state index contributed by atoms with van der Waals surface area (Å²) in [5.41, 5.74) is 0.825. The fraction of sp³-hybridized carbons (Fsp3) is 0.765. The number of halogens is 1. The van der Waals surface area contributed by atoms with Crippen LogP contribution in [0.15, 0.2) is 6.20 Å². The maximum absolute atomic E-state index is 14.6. The van der Waals surface area contributed by atoms with Gasteiger partial charge in [-0.1, -0.05) is 0 Å². The van der Waals surface area contributed by atoms with E-state index in [-0.39, 0.29) is 18.5 Å². The number of likely N-dealkylation sites (tertiary alicyclic amines) is 1. The lowest BCUT2D eigenvalue weighted by Crippen LogP contribution is -2.45. The fourth-order valence-electron chi connectivity index (χ4n) is 3.43. The average molecular weight is 351 g/mol. The lowest BCUT2D eigenvalue weighted by atomic mass is 9.79. The van der Waals surface area contributed by atoms with Crippen molar-refractivity contribution in [3.63, 3.8) is 0 Å². The SMILES string of the molecule is CC(=O)N1CC[C@H](n2ncc(B3OC(C)(C)C(C)(C)O3)c2C)[C@@H](F)C1. The summed E-state index contributed by atoms with van der Waals surface area (Å²) < 4.78 is 28.5. The number of amides is 1. The Balaban J connectivity index is 1.80. The van der Waals surface area contributed by atoms with E-state index in [9.17, 15) is 9.18 Å². The Kier molecular flexibility index (Phi) is 4.48. The second kappa shape index (κ2) is 6.09. The largest absolute Gasteiger partial charge is 0.498 e. The number of alkyl halides is 1. The molecule has 6 nitrogen and oxygen atoms in total. The lowest BCUT2D eigenvalue weighted by molar-refractivity contribution is -0.131. The van der Waals surface area contributed by atoms with Crippen molar-refractivity contribution in [3.8, 4) is 0 Å². The van der Waals surface area contributed by atoms with Crippen LogP contribution in [0.3, 0.4) is 0 Å². The van der Waals surface area contributed by atoms with Crippen molar-refractivity contribution in [1.29, 1.82) is 0 Å². The molecule has 1 aromatic heterocycles. The highest BCUT2D eigenvalue weighted by Gasteiger charge is 2.52. The first-order valence-electron chi connectivity index (χ1n) is 8.83. The number of nitrogens with zero attached hydrogens (tertiary/aromatic N) is 3. The van der Waals surface area contributed by atoms with Crippen molar-refractivity contribution in [2.24, 2.45) is 0 Å². The van der Waals surface area contributed by atoms with Gasteiger partial charge in [-0.15, -0.1) is 0 Å². The Bertz CT molecular complexity index is 660. The van der Waals surface area contributed by atoms with Crippen LogP contribution < -0.4 is 5.46 Å². The van der Waals surface area contributed by atoms with Crippen molar-refractivity contribution >= 4 is 18.5 Å². The van der Waals surface area contributed by atoms with E-state index in [1.54, 1.807) is 15.8 Å². The number of carbonyl (C=O) groups is 1. The van der Waals surface area contributed by atoms with E-state index < -0.39 is 24.5 Å². The summed E-state index contributed by atoms with van der Waals surface area (Å²) in [4.78, 5) is 13.0. The van der Waals surface area contributed by atoms with Crippen LogP contribution in [-0.2, 0) is 14.1 Å². The van der Waals surface area contributed by atoms with E-state index in [0.717, 1.165) is 11.2 Å². The summed E-state index contributed by atoms with van der Waals surface area (Å²) >= 11 is 0. The zero-order chi connectivity index (χ0) is 18.6. The minimum atomic E-state index is -1.14. The molecule has 2 aliphatic heterocycles. The van der Waals surface area contributed by atoms with Crippen LogP contribution in [0.25, 0.3) is 0 Å². The van der Waals surface area contributed by atoms with Gasteiger partial charge in [0, 0.05) is 30.8 Å². The molecule has 0 aromatic carbocycles. The topological polar surface area (TPSA) is 56.6 Å². The smallest absolute Gasteiger partial charge is 0.399 e. The minimum Gasteiger partial charge on any atom is -0.399 e. The van der Waals surface area contributed by atoms with Gasteiger partial charge in [-0.2, -0.15) is 5.10 Å². The highest BCUT2D eigenvalue weighted by molar-refractivity contribution is 6.62. The van der Waals surface area contributed by atoms with Crippen molar-refractivity contribution in [2.75, 3.05) is 13.1 Å². The summed E-state index contributed by atoms with van der Waals surface area (Å²) in [6.07, 6.45) is 1.12. The van der Waals surface area contributed by atoms with Gasteiger partial charge in [0.25, 0.3) is 0 Å². The Morgan fingerprint density at radius 1 is 1.32 bits per heavy atom. The molecule has 3 rings (SSSR count). The van der Waals surface area contributed by atoms with E-state index in [1.165, 1.54) is 6.92 Å². The molecule has 1 aromatic rings. The van der Waals surface area contributed by atoms with Crippen molar-refractivity contribution in [2.45, 2.75) is 71.4 Å². The first-order chi connectivity index (χ1) is 11.5. The van der Waals surface area contributed by atoms with Gasteiger partial charge in [0.2, 0.25) is 5.91 Å². The molecule has 0 aliphatic carbocycles. The van der Waals surface area contributed by atoms with Gasteiger partial charge in [0.05, 0.1) is 23.8 Å². The van der Waals surface area contributed by atoms with Gasteiger partial charge < -0.3 is 14.2 Å². The van der Waals surface area contributed by atoms with Gasteiger partial charge in [-0.3, -0.25) is 9.48 Å². The number of hydrogen-bond donors (Lipinski definition) is 0. The van der Waals surface area contributed by atoms with Gasteiger partial charge in [-0.05, 0) is 41.0 Å². The second-order valence-corrected chi connectivity index (χ2v) is 8.06. The highest BCUT2D eigenvalue weighted by atomic mass is 19.1. The summed E-state index contributed by atoms with van der Waals surface area (Å²) in [5.74, 6) is -0.0869. The van der Waals surface area contributed by atoms with Crippen LogP contribution in [-0.4, -0.2) is 58.2 Å². The third-order valence-electron chi connectivity index (χ3n) is 5.86. The summed E-state index contributed by atoms with van der Waals surface area (Å²) in [6, 6.07) is -0.369. The molecule has 2 saturated heterocycles. The standard InChI is InChI=1S/C17H27BFN3O3/c1-11-13(18-24-16(3,4)17(5,6)25-18)9-20-22(11)15-7-8-21(12(2)23)10-14(15)19/h9,14-15H,7-8,10H2,1-6H3/t14-,15-/m0/s1. The molecule has 0 N–H and O–H groups in total. The molecule has 0 unspecified atom stereocenters. The van der Waals surface area contributed by atoms with Crippen LogP contribution in [0, 0.1) is 6.92 Å². The quantitative estimate of drug-likeness (QED) is 0.760. The molecule has 2 fully saturated rings. The molecule has 3 heterocycles. The molecule has 0 radical (unpaired) electrons. The molecule has 0 bridgehead atoms. The summed E-state index contributed by atoms with van der Waals surface area (Å²) in [6.45, 7) is 12.1. The molecule has 8 heteroatoms. The number of piperidine rings is 1. The highest BCUT2D eigenvalue weighted by Crippen LogP contribution is 2.37. The zero-order valence-electron chi connectivity index (χ0n) is 15.9. The lowest BCUT2D eigenvalue weighted by Gasteiger charge is -2.34. The second-order valence-electron chi connectivity index (χ2n) is 8.06. The Morgan fingerprint density at radius 2 is 1.92 bits per heavy atom. The first kappa shape index (κ1) is 18.4. The predicted molar refractivity (Wildman–Crippen MR) is 93.5 cm³/mol. The van der Waals surface area contributed by atoms with Crippen molar-refractivity contribution < 1.29 is 18.5 Å². The van der Waals surface area contributed by atoms with Crippen LogP contribution in [0.1, 0.15) is 52.8 Å². The van der Waals surface area contributed by atoms with E-state index in [4.69, 9.17) is 9.31 Å². The van der Waals surface area contributed by atoms with Crippen molar-refractivity contribution in [1.82, 2.24) is 14.7 Å². The van der Waals surface area contributed by atoms with E-state index in [2.05, 4.69) is 5.10 Å². The van der Waals surface area contributed by atoms with E-state index in [0.29, 0.717) is 13.0 Å².